The second-order valence-corrected chi connectivity index (χ2v) is 9.64. The molecule has 0 aromatic heterocycles. The molecule has 0 aliphatic heterocycles. The molecule has 2 aromatic carbocycles. The lowest BCUT2D eigenvalue weighted by Gasteiger charge is -2.31. The highest BCUT2D eigenvalue weighted by Crippen LogP contribution is 2.27. The van der Waals surface area contributed by atoms with E-state index in [4.69, 9.17) is 0 Å². The molecule has 0 bridgehead atoms. The zero-order chi connectivity index (χ0) is 23.5. The standard InChI is InChI=1S/C22H29N3O5S/c1-7-21(22(26)23-17(5)20-12-15(3)14(2)11-16(20)4)24(31(6,29)30)18-9-8-10-19(13-18)25(27)28/h8-13,17,21H,7H2,1-6H3,(H,23,26)/t17-,21-/m1/s1. The van der Waals surface area contributed by atoms with Gasteiger partial charge in [-0.05, 0) is 62.4 Å². The number of nitrogens with zero attached hydrogens (tertiary/aromatic N) is 2. The fourth-order valence-corrected chi connectivity index (χ4v) is 4.84. The number of hydrogen-bond donors (Lipinski definition) is 1. The molecule has 2 rings (SSSR count). The molecule has 2 atom stereocenters. The van der Waals surface area contributed by atoms with Crippen LogP contribution in [0.15, 0.2) is 36.4 Å². The molecule has 2 aromatic rings. The third-order valence-corrected chi connectivity index (χ3v) is 6.51. The van der Waals surface area contributed by atoms with Crippen LogP contribution in [0.2, 0.25) is 0 Å². The molecule has 168 valence electrons. The molecule has 0 aliphatic carbocycles. The lowest BCUT2D eigenvalue weighted by atomic mass is 9.96. The van der Waals surface area contributed by atoms with Crippen LogP contribution >= 0.6 is 0 Å². The normalized spacial score (nSPS) is 13.4. The van der Waals surface area contributed by atoms with Crippen molar-refractivity contribution in [2.45, 2.75) is 53.1 Å². The van der Waals surface area contributed by atoms with Gasteiger partial charge in [0.25, 0.3) is 5.69 Å². The van der Waals surface area contributed by atoms with E-state index in [-0.39, 0.29) is 23.8 Å². The Hall–Kier alpha value is -2.94. The Bertz CT molecular complexity index is 1100. The fourth-order valence-electron chi connectivity index (χ4n) is 3.64. The monoisotopic (exact) mass is 447 g/mol. The van der Waals surface area contributed by atoms with Crippen molar-refractivity contribution in [1.82, 2.24) is 5.32 Å². The first kappa shape index (κ1) is 24.3. The minimum Gasteiger partial charge on any atom is -0.348 e. The van der Waals surface area contributed by atoms with Crippen LogP contribution in [0.1, 0.15) is 48.6 Å². The molecule has 0 aliphatic rings. The minimum absolute atomic E-state index is 0.0775. The Kier molecular flexibility index (Phi) is 7.43. The predicted octanol–water partition coefficient (Wildman–Crippen LogP) is 3.94. The van der Waals surface area contributed by atoms with Gasteiger partial charge in [0.2, 0.25) is 15.9 Å². The predicted molar refractivity (Wildman–Crippen MR) is 122 cm³/mol. The van der Waals surface area contributed by atoms with Crippen molar-refractivity contribution in [1.29, 1.82) is 0 Å². The molecular formula is C22H29N3O5S. The Labute approximate surface area is 183 Å². The first-order valence-corrected chi connectivity index (χ1v) is 11.8. The average molecular weight is 448 g/mol. The summed E-state index contributed by atoms with van der Waals surface area (Å²) < 4.78 is 26.1. The summed E-state index contributed by atoms with van der Waals surface area (Å²) in [7, 11) is -3.89. The second kappa shape index (κ2) is 9.47. The molecule has 0 unspecified atom stereocenters. The van der Waals surface area contributed by atoms with Crippen molar-refractivity contribution in [3.05, 3.63) is 68.8 Å². The molecule has 0 radical (unpaired) electrons. The van der Waals surface area contributed by atoms with E-state index in [1.54, 1.807) is 6.92 Å². The van der Waals surface area contributed by atoms with Crippen LogP contribution in [0, 0.1) is 30.9 Å². The Balaban J connectivity index is 2.40. The van der Waals surface area contributed by atoms with E-state index in [1.165, 1.54) is 18.2 Å². The molecule has 0 saturated carbocycles. The lowest BCUT2D eigenvalue weighted by Crippen LogP contribution is -2.49. The second-order valence-electron chi connectivity index (χ2n) is 7.78. The lowest BCUT2D eigenvalue weighted by molar-refractivity contribution is -0.384. The molecular weight excluding hydrogens is 418 g/mol. The summed E-state index contributed by atoms with van der Waals surface area (Å²) in [5.41, 5.74) is 4.06. The topological polar surface area (TPSA) is 110 Å². The van der Waals surface area contributed by atoms with Gasteiger partial charge >= 0.3 is 0 Å². The molecule has 9 heteroatoms. The van der Waals surface area contributed by atoms with Crippen molar-refractivity contribution in [2.75, 3.05) is 10.6 Å². The van der Waals surface area contributed by atoms with Crippen LogP contribution in [0.3, 0.4) is 0 Å². The smallest absolute Gasteiger partial charge is 0.271 e. The van der Waals surface area contributed by atoms with Gasteiger partial charge in [-0.25, -0.2) is 8.42 Å². The maximum Gasteiger partial charge on any atom is 0.271 e. The van der Waals surface area contributed by atoms with E-state index < -0.39 is 26.9 Å². The summed E-state index contributed by atoms with van der Waals surface area (Å²) in [4.78, 5) is 23.7. The van der Waals surface area contributed by atoms with E-state index in [0.717, 1.165) is 38.9 Å². The van der Waals surface area contributed by atoms with Gasteiger partial charge in [-0.1, -0.05) is 25.1 Å². The van der Waals surface area contributed by atoms with Gasteiger partial charge in [-0.3, -0.25) is 19.2 Å². The maximum atomic E-state index is 13.2. The van der Waals surface area contributed by atoms with Crippen molar-refractivity contribution < 1.29 is 18.1 Å². The number of hydrogen-bond acceptors (Lipinski definition) is 5. The van der Waals surface area contributed by atoms with Crippen molar-refractivity contribution >= 4 is 27.3 Å². The summed E-state index contributed by atoms with van der Waals surface area (Å²) in [6, 6.07) is 7.96. The van der Waals surface area contributed by atoms with Crippen molar-refractivity contribution in [2.24, 2.45) is 0 Å². The zero-order valence-corrected chi connectivity index (χ0v) is 19.5. The van der Waals surface area contributed by atoms with Crippen LogP contribution in [-0.4, -0.2) is 31.5 Å². The van der Waals surface area contributed by atoms with Gasteiger partial charge < -0.3 is 5.32 Å². The van der Waals surface area contributed by atoms with Gasteiger partial charge in [0.05, 0.1) is 22.9 Å². The summed E-state index contributed by atoms with van der Waals surface area (Å²) in [5.74, 6) is -0.468. The van der Waals surface area contributed by atoms with Gasteiger partial charge in [0, 0.05) is 12.1 Å². The number of carbonyl (C=O) groups excluding carboxylic acids is 1. The molecule has 0 fully saturated rings. The highest BCUT2D eigenvalue weighted by atomic mass is 32.2. The first-order valence-electron chi connectivity index (χ1n) is 9.98. The Morgan fingerprint density at radius 1 is 1.13 bits per heavy atom. The van der Waals surface area contributed by atoms with Gasteiger partial charge in [-0.2, -0.15) is 0 Å². The first-order chi connectivity index (χ1) is 14.4. The van der Waals surface area contributed by atoms with E-state index in [2.05, 4.69) is 11.4 Å². The number of sulfonamides is 1. The number of nitro benzene ring substituents is 1. The summed E-state index contributed by atoms with van der Waals surface area (Å²) in [6.07, 6.45) is 1.18. The van der Waals surface area contributed by atoms with Gasteiger partial charge in [0.15, 0.2) is 0 Å². The van der Waals surface area contributed by atoms with Gasteiger partial charge in [-0.15, -0.1) is 0 Å². The number of non-ortho nitro benzene ring substituents is 1. The van der Waals surface area contributed by atoms with E-state index in [9.17, 15) is 23.3 Å². The third-order valence-electron chi connectivity index (χ3n) is 5.33. The Morgan fingerprint density at radius 2 is 1.74 bits per heavy atom. The highest BCUT2D eigenvalue weighted by Gasteiger charge is 2.33. The molecule has 8 nitrogen and oxygen atoms in total. The van der Waals surface area contributed by atoms with E-state index in [0.29, 0.717) is 0 Å². The largest absolute Gasteiger partial charge is 0.348 e. The number of nitro groups is 1. The number of aryl methyl sites for hydroxylation is 3. The molecule has 1 amide bonds. The van der Waals surface area contributed by atoms with Crippen LogP contribution < -0.4 is 9.62 Å². The maximum absolute atomic E-state index is 13.2. The van der Waals surface area contributed by atoms with Crippen molar-refractivity contribution in [3.63, 3.8) is 0 Å². The number of rotatable bonds is 8. The van der Waals surface area contributed by atoms with E-state index in [1.807, 2.05) is 33.8 Å². The molecule has 0 heterocycles. The summed E-state index contributed by atoms with van der Waals surface area (Å²) in [6.45, 7) is 9.53. The SMILES string of the molecule is CC[C@H](C(=O)N[C@H](C)c1cc(C)c(C)cc1C)N(c1cccc([N+](=O)[O-])c1)S(C)(=O)=O. The van der Waals surface area contributed by atoms with E-state index >= 15 is 0 Å². The number of benzene rings is 2. The van der Waals surface area contributed by atoms with Gasteiger partial charge in [0.1, 0.15) is 6.04 Å². The average Bonchev–Trinajstić information content (AvgIpc) is 2.67. The number of nitrogens with one attached hydrogen (secondary N) is 1. The third kappa shape index (κ3) is 5.61. The van der Waals surface area contributed by atoms with Crippen LogP contribution in [0.25, 0.3) is 0 Å². The number of amides is 1. The van der Waals surface area contributed by atoms with Crippen LogP contribution in [-0.2, 0) is 14.8 Å². The summed E-state index contributed by atoms with van der Waals surface area (Å²) in [5, 5.41) is 14.1. The fraction of sp³-hybridized carbons (Fsp3) is 0.409. The van der Waals surface area contributed by atoms with Crippen LogP contribution in [0.5, 0.6) is 0 Å². The molecule has 0 spiro atoms. The Morgan fingerprint density at radius 3 is 2.29 bits per heavy atom. The highest BCUT2D eigenvalue weighted by molar-refractivity contribution is 7.92. The zero-order valence-electron chi connectivity index (χ0n) is 18.7. The number of anilines is 1. The quantitative estimate of drug-likeness (QED) is 0.487. The van der Waals surface area contributed by atoms with Crippen molar-refractivity contribution in [3.8, 4) is 0 Å². The minimum atomic E-state index is -3.89. The molecule has 0 saturated heterocycles. The number of carbonyl (C=O) groups is 1. The molecule has 1 N–H and O–H groups in total. The molecule has 31 heavy (non-hydrogen) atoms. The van der Waals surface area contributed by atoms with Crippen LogP contribution in [0.4, 0.5) is 11.4 Å². The summed E-state index contributed by atoms with van der Waals surface area (Å²) >= 11 is 0.